The third kappa shape index (κ3) is 5.71. The minimum absolute atomic E-state index is 0.0135. The van der Waals surface area contributed by atoms with Gasteiger partial charge < -0.3 is 10.1 Å². The van der Waals surface area contributed by atoms with Crippen molar-refractivity contribution in [3.05, 3.63) is 29.8 Å². The van der Waals surface area contributed by atoms with E-state index in [0.717, 1.165) is 17.7 Å². The van der Waals surface area contributed by atoms with Gasteiger partial charge in [-0.15, -0.1) is 0 Å². The minimum atomic E-state index is -3.17. The van der Waals surface area contributed by atoms with Crippen molar-refractivity contribution in [2.75, 3.05) is 26.5 Å². The van der Waals surface area contributed by atoms with Crippen LogP contribution in [0.5, 0.6) is 5.75 Å². The van der Waals surface area contributed by atoms with E-state index in [-0.39, 0.29) is 17.9 Å². The largest absolute Gasteiger partial charge is 0.497 e. The maximum atomic E-state index is 12.7. The molecule has 1 aromatic carbocycles. The highest BCUT2D eigenvalue weighted by atomic mass is 32.2. The highest BCUT2D eigenvalue weighted by molar-refractivity contribution is 7.88. The highest BCUT2D eigenvalue weighted by Crippen LogP contribution is 2.26. The lowest BCUT2D eigenvalue weighted by Gasteiger charge is -2.31. The van der Waals surface area contributed by atoms with Crippen LogP contribution < -0.4 is 10.1 Å². The van der Waals surface area contributed by atoms with Crippen molar-refractivity contribution >= 4 is 15.9 Å². The van der Waals surface area contributed by atoms with E-state index in [1.165, 1.54) is 10.6 Å². The summed E-state index contributed by atoms with van der Waals surface area (Å²) in [4.78, 5) is 12.7. The molecule has 1 aliphatic heterocycles. The van der Waals surface area contributed by atoms with Gasteiger partial charge in [0.2, 0.25) is 15.9 Å². The predicted molar refractivity (Wildman–Crippen MR) is 102 cm³/mol. The van der Waals surface area contributed by atoms with Gasteiger partial charge in [-0.3, -0.25) is 4.79 Å². The molecule has 7 heteroatoms. The molecule has 1 fully saturated rings. The van der Waals surface area contributed by atoms with Crippen LogP contribution in [0.25, 0.3) is 0 Å². The number of nitrogens with zero attached hydrogens (tertiary/aromatic N) is 1. The smallest absolute Gasteiger partial charge is 0.223 e. The topological polar surface area (TPSA) is 75.7 Å². The Labute approximate surface area is 157 Å². The SMILES string of the molecule is COc1ccc([C@H](CC(C)C)NC(=O)C2CCN(S(C)(=O)=O)CC2)cc1. The Morgan fingerprint density at radius 1 is 1.23 bits per heavy atom. The van der Waals surface area contributed by atoms with E-state index in [0.29, 0.717) is 31.8 Å². The molecule has 0 saturated carbocycles. The first kappa shape index (κ1) is 20.7. The van der Waals surface area contributed by atoms with Crippen LogP contribution in [0.3, 0.4) is 0 Å². The lowest BCUT2D eigenvalue weighted by molar-refractivity contribution is -0.127. The summed E-state index contributed by atoms with van der Waals surface area (Å²) in [6.45, 7) is 5.09. The zero-order valence-corrected chi connectivity index (χ0v) is 16.9. The van der Waals surface area contributed by atoms with E-state index in [4.69, 9.17) is 4.74 Å². The van der Waals surface area contributed by atoms with Gasteiger partial charge in [-0.05, 0) is 42.9 Å². The number of rotatable bonds is 7. The number of carbonyl (C=O) groups excluding carboxylic acids is 1. The minimum Gasteiger partial charge on any atom is -0.497 e. The maximum Gasteiger partial charge on any atom is 0.223 e. The summed E-state index contributed by atoms with van der Waals surface area (Å²) in [5, 5.41) is 3.18. The Kier molecular flexibility index (Phi) is 7.06. The van der Waals surface area contributed by atoms with Crippen molar-refractivity contribution in [2.45, 2.75) is 39.2 Å². The fraction of sp³-hybridized carbons (Fsp3) is 0.632. The normalized spacial score (nSPS) is 17.9. The summed E-state index contributed by atoms with van der Waals surface area (Å²) < 4.78 is 29.9. The van der Waals surface area contributed by atoms with Gasteiger partial charge >= 0.3 is 0 Å². The molecule has 1 aliphatic rings. The summed E-state index contributed by atoms with van der Waals surface area (Å²) >= 11 is 0. The Morgan fingerprint density at radius 3 is 2.27 bits per heavy atom. The lowest BCUT2D eigenvalue weighted by atomic mass is 9.93. The molecule has 0 spiro atoms. The summed E-state index contributed by atoms with van der Waals surface area (Å²) in [7, 11) is -1.54. The second kappa shape index (κ2) is 8.86. The molecule has 2 rings (SSSR count). The molecule has 0 aliphatic carbocycles. The average molecular weight is 383 g/mol. The number of sulfonamides is 1. The molecular weight excluding hydrogens is 352 g/mol. The number of piperidine rings is 1. The molecule has 0 bridgehead atoms. The van der Waals surface area contributed by atoms with Crippen LogP contribution in [-0.2, 0) is 14.8 Å². The Hall–Kier alpha value is -1.60. The van der Waals surface area contributed by atoms with Gasteiger partial charge in [0.1, 0.15) is 5.75 Å². The van der Waals surface area contributed by atoms with E-state index >= 15 is 0 Å². The second-order valence-corrected chi connectivity index (χ2v) is 9.38. The van der Waals surface area contributed by atoms with Gasteiger partial charge in [0.15, 0.2) is 0 Å². The molecule has 0 radical (unpaired) electrons. The fourth-order valence-electron chi connectivity index (χ4n) is 3.33. The predicted octanol–water partition coefficient (Wildman–Crippen LogP) is 2.57. The van der Waals surface area contributed by atoms with Gasteiger partial charge in [0.05, 0.1) is 19.4 Å². The zero-order chi connectivity index (χ0) is 19.3. The van der Waals surface area contributed by atoms with Crippen LogP contribution in [0, 0.1) is 11.8 Å². The van der Waals surface area contributed by atoms with Gasteiger partial charge in [-0.1, -0.05) is 26.0 Å². The monoisotopic (exact) mass is 382 g/mol. The first-order valence-corrected chi connectivity index (χ1v) is 10.9. The number of hydrogen-bond acceptors (Lipinski definition) is 4. The van der Waals surface area contributed by atoms with Gasteiger partial charge in [-0.2, -0.15) is 0 Å². The van der Waals surface area contributed by atoms with Crippen molar-refractivity contribution in [1.29, 1.82) is 0 Å². The summed E-state index contributed by atoms with van der Waals surface area (Å²) in [5.41, 5.74) is 1.06. The molecule has 1 atom stereocenters. The molecule has 0 unspecified atom stereocenters. The van der Waals surface area contributed by atoms with Crippen molar-refractivity contribution in [3.63, 3.8) is 0 Å². The Morgan fingerprint density at radius 2 is 1.81 bits per heavy atom. The number of carbonyl (C=O) groups is 1. The van der Waals surface area contributed by atoms with Gasteiger partial charge in [0, 0.05) is 19.0 Å². The first-order chi connectivity index (χ1) is 12.2. The highest BCUT2D eigenvalue weighted by Gasteiger charge is 2.30. The zero-order valence-electron chi connectivity index (χ0n) is 16.1. The Bertz CT molecular complexity index is 693. The van der Waals surface area contributed by atoms with E-state index < -0.39 is 10.0 Å². The number of hydrogen-bond donors (Lipinski definition) is 1. The van der Waals surface area contributed by atoms with Crippen LogP contribution in [0.1, 0.15) is 44.7 Å². The standard InChI is InChI=1S/C19H30N2O4S/c1-14(2)13-18(15-5-7-17(25-3)8-6-15)20-19(22)16-9-11-21(12-10-16)26(4,23)24/h5-8,14,16,18H,9-13H2,1-4H3,(H,20,22)/t18-/m0/s1. The number of nitrogens with one attached hydrogen (secondary N) is 1. The van der Waals surface area contributed by atoms with Crippen LogP contribution >= 0.6 is 0 Å². The molecule has 6 nitrogen and oxygen atoms in total. The van der Waals surface area contributed by atoms with Crippen LogP contribution in [-0.4, -0.2) is 45.1 Å². The van der Waals surface area contributed by atoms with E-state index in [1.54, 1.807) is 7.11 Å². The quantitative estimate of drug-likeness (QED) is 0.786. The van der Waals surface area contributed by atoms with Gasteiger partial charge in [-0.25, -0.2) is 12.7 Å². The van der Waals surface area contributed by atoms with Crippen molar-refractivity contribution in [3.8, 4) is 5.75 Å². The molecule has 1 heterocycles. The molecule has 1 N–H and O–H groups in total. The van der Waals surface area contributed by atoms with E-state index in [9.17, 15) is 13.2 Å². The van der Waals surface area contributed by atoms with E-state index in [2.05, 4.69) is 19.2 Å². The molecule has 1 saturated heterocycles. The average Bonchev–Trinajstić information content (AvgIpc) is 2.60. The number of ether oxygens (including phenoxy) is 1. The van der Waals surface area contributed by atoms with Crippen molar-refractivity contribution < 1.29 is 17.9 Å². The maximum absolute atomic E-state index is 12.7. The summed E-state index contributed by atoms with van der Waals surface area (Å²) in [6, 6.07) is 7.72. The Balaban J connectivity index is 2.02. The molecular formula is C19H30N2O4S. The number of benzene rings is 1. The fourth-order valence-corrected chi connectivity index (χ4v) is 4.20. The lowest BCUT2D eigenvalue weighted by Crippen LogP contribution is -2.43. The van der Waals surface area contributed by atoms with Crippen LogP contribution in [0.4, 0.5) is 0 Å². The van der Waals surface area contributed by atoms with Gasteiger partial charge in [0.25, 0.3) is 0 Å². The third-order valence-electron chi connectivity index (χ3n) is 4.84. The molecule has 26 heavy (non-hydrogen) atoms. The van der Waals surface area contributed by atoms with Crippen molar-refractivity contribution in [2.24, 2.45) is 11.8 Å². The molecule has 1 amide bonds. The molecule has 0 aromatic heterocycles. The van der Waals surface area contributed by atoms with E-state index in [1.807, 2.05) is 24.3 Å². The van der Waals surface area contributed by atoms with Crippen molar-refractivity contribution in [1.82, 2.24) is 9.62 Å². The van der Waals surface area contributed by atoms with Crippen LogP contribution in [0.15, 0.2) is 24.3 Å². The molecule has 146 valence electrons. The van der Waals surface area contributed by atoms with Crippen LogP contribution in [0.2, 0.25) is 0 Å². The first-order valence-electron chi connectivity index (χ1n) is 9.10. The summed E-state index contributed by atoms with van der Waals surface area (Å²) in [5.74, 6) is 1.10. The summed E-state index contributed by atoms with van der Waals surface area (Å²) in [6.07, 6.45) is 3.20. The number of methoxy groups -OCH3 is 1. The second-order valence-electron chi connectivity index (χ2n) is 7.40. The number of amides is 1. The third-order valence-corrected chi connectivity index (χ3v) is 6.14. The molecule has 1 aromatic rings.